The smallest absolute Gasteiger partial charge is 0.283 e. The predicted octanol–water partition coefficient (Wildman–Crippen LogP) is 4.64. The van der Waals surface area contributed by atoms with Crippen LogP contribution in [0.15, 0.2) is 70.4 Å². The lowest BCUT2D eigenvalue weighted by atomic mass is 10.1. The summed E-state index contributed by atoms with van der Waals surface area (Å²) in [5, 5.41) is 16.5. The Bertz CT molecular complexity index is 1300. The van der Waals surface area contributed by atoms with Crippen LogP contribution in [-0.2, 0) is 11.3 Å². The number of nitrogens with zero attached hydrogens (tertiary/aromatic N) is 4. The second-order valence-corrected chi connectivity index (χ2v) is 8.51. The average molecular weight is 414 g/mol. The summed E-state index contributed by atoms with van der Waals surface area (Å²) in [6.07, 6.45) is 3.79. The lowest BCUT2D eigenvalue weighted by molar-refractivity contribution is -0.114. The Labute approximate surface area is 178 Å². The maximum Gasteiger partial charge on any atom is 0.283 e. The van der Waals surface area contributed by atoms with E-state index in [1.54, 1.807) is 6.08 Å². The van der Waals surface area contributed by atoms with Gasteiger partial charge in [-0.3, -0.25) is 10.2 Å². The molecule has 3 aromatic rings. The lowest BCUT2D eigenvalue weighted by Crippen LogP contribution is -2.35. The molecule has 3 heterocycles. The van der Waals surface area contributed by atoms with Gasteiger partial charge in [-0.05, 0) is 43.3 Å². The molecular formula is C23H19N5OS. The molecule has 2 aliphatic heterocycles. The van der Waals surface area contributed by atoms with Gasteiger partial charge in [-0.15, -0.1) is 0 Å². The maximum absolute atomic E-state index is 12.6. The molecule has 0 aliphatic carbocycles. The number of nitrogens with one attached hydrogen (secondary N) is 1. The van der Waals surface area contributed by atoms with E-state index in [2.05, 4.69) is 51.9 Å². The third kappa shape index (κ3) is 3.17. The molecule has 0 radical (unpaired) electrons. The molecule has 2 aliphatic rings. The van der Waals surface area contributed by atoms with Crippen molar-refractivity contribution in [1.29, 1.82) is 5.41 Å². The standard InChI is InChI=1S/C23H19N5OS/c1-14-7-9-16(10-8-14)12-27-13-17(18-5-3-4-6-20(18)27)11-19-21(24)28-23(25-22(19)29)30-15(2)26-28/h3-11,13,24H,12H2,1-2H3. The van der Waals surface area contributed by atoms with Crippen LogP contribution in [0.1, 0.15) is 23.6 Å². The summed E-state index contributed by atoms with van der Waals surface area (Å²) in [6, 6.07) is 16.6. The van der Waals surface area contributed by atoms with Gasteiger partial charge in [-0.1, -0.05) is 48.0 Å². The first-order valence-electron chi connectivity index (χ1n) is 9.60. The van der Waals surface area contributed by atoms with Crippen molar-refractivity contribution >= 4 is 50.7 Å². The monoisotopic (exact) mass is 413 g/mol. The predicted molar refractivity (Wildman–Crippen MR) is 123 cm³/mol. The number of hydrogen-bond donors (Lipinski definition) is 1. The highest BCUT2D eigenvalue weighted by atomic mass is 32.2. The van der Waals surface area contributed by atoms with E-state index < -0.39 is 5.91 Å². The number of aryl methyl sites for hydroxylation is 1. The van der Waals surface area contributed by atoms with Crippen LogP contribution in [0.2, 0.25) is 0 Å². The van der Waals surface area contributed by atoms with Crippen molar-refractivity contribution in [3.05, 3.63) is 77.0 Å². The number of amides is 1. The van der Waals surface area contributed by atoms with Gasteiger partial charge in [0.2, 0.25) is 5.17 Å². The van der Waals surface area contributed by atoms with Crippen molar-refractivity contribution < 1.29 is 4.79 Å². The summed E-state index contributed by atoms with van der Waals surface area (Å²) in [4.78, 5) is 16.8. The van der Waals surface area contributed by atoms with Gasteiger partial charge >= 0.3 is 0 Å². The molecule has 1 N–H and O–H groups in total. The summed E-state index contributed by atoms with van der Waals surface area (Å²) in [7, 11) is 0. The molecule has 0 spiro atoms. The minimum atomic E-state index is -0.404. The molecule has 0 atom stereocenters. The number of aromatic nitrogens is 1. The van der Waals surface area contributed by atoms with E-state index in [1.807, 2.05) is 31.3 Å². The molecule has 0 unspecified atom stereocenters. The molecule has 6 nitrogen and oxygen atoms in total. The second-order valence-electron chi connectivity index (χ2n) is 7.35. The highest BCUT2D eigenvalue weighted by molar-refractivity contribution is 8.26. The van der Waals surface area contributed by atoms with E-state index in [0.29, 0.717) is 5.17 Å². The summed E-state index contributed by atoms with van der Waals surface area (Å²) in [5.74, 6) is -0.344. The third-order valence-electron chi connectivity index (χ3n) is 5.15. The molecule has 0 saturated heterocycles. The molecule has 1 aromatic heterocycles. The van der Waals surface area contributed by atoms with Crippen LogP contribution in [0.25, 0.3) is 17.0 Å². The van der Waals surface area contributed by atoms with Gasteiger partial charge in [0, 0.05) is 29.2 Å². The van der Waals surface area contributed by atoms with E-state index in [-0.39, 0.29) is 11.4 Å². The second kappa shape index (κ2) is 7.11. The number of aliphatic imine (C=N–C) groups is 1. The van der Waals surface area contributed by atoms with Crippen LogP contribution >= 0.6 is 11.8 Å². The van der Waals surface area contributed by atoms with Gasteiger partial charge in [0.15, 0.2) is 5.84 Å². The summed E-state index contributed by atoms with van der Waals surface area (Å²) >= 11 is 1.31. The van der Waals surface area contributed by atoms with Crippen LogP contribution < -0.4 is 0 Å². The first kappa shape index (κ1) is 18.6. The highest BCUT2D eigenvalue weighted by Gasteiger charge is 2.34. The minimum Gasteiger partial charge on any atom is -0.342 e. The fourth-order valence-electron chi connectivity index (χ4n) is 3.65. The van der Waals surface area contributed by atoms with Crippen LogP contribution in [0.3, 0.4) is 0 Å². The fraction of sp³-hybridized carbons (Fsp3) is 0.130. The van der Waals surface area contributed by atoms with Crippen molar-refractivity contribution in [2.45, 2.75) is 20.4 Å². The highest BCUT2D eigenvalue weighted by Crippen LogP contribution is 2.30. The quantitative estimate of drug-likeness (QED) is 0.636. The number of carbonyl (C=O) groups excluding carboxylic acids is 1. The summed E-state index contributed by atoms with van der Waals surface area (Å²) < 4.78 is 2.17. The number of amidine groups is 2. The zero-order valence-electron chi connectivity index (χ0n) is 16.6. The number of fused-ring (bicyclic) bond motifs is 2. The van der Waals surface area contributed by atoms with Crippen LogP contribution in [-0.4, -0.2) is 31.5 Å². The Balaban J connectivity index is 1.57. The first-order chi connectivity index (χ1) is 14.5. The average Bonchev–Trinajstić information content (AvgIpc) is 3.27. The minimum absolute atomic E-state index is 0.0599. The first-order valence-corrected chi connectivity index (χ1v) is 10.4. The zero-order chi connectivity index (χ0) is 20.8. The topological polar surface area (TPSA) is 73.8 Å². The van der Waals surface area contributed by atoms with Crippen LogP contribution in [0, 0.1) is 12.3 Å². The van der Waals surface area contributed by atoms with Crippen LogP contribution in [0.5, 0.6) is 0 Å². The number of para-hydroxylation sites is 1. The van der Waals surface area contributed by atoms with Crippen molar-refractivity contribution in [3.8, 4) is 0 Å². The Morgan fingerprint density at radius 3 is 2.67 bits per heavy atom. The van der Waals surface area contributed by atoms with E-state index in [1.165, 1.54) is 27.9 Å². The number of thioether (sulfide) groups is 1. The van der Waals surface area contributed by atoms with Gasteiger partial charge < -0.3 is 4.57 Å². The molecule has 148 valence electrons. The third-order valence-corrected chi connectivity index (χ3v) is 5.97. The van der Waals surface area contributed by atoms with E-state index in [4.69, 9.17) is 5.41 Å². The lowest BCUT2D eigenvalue weighted by Gasteiger charge is -2.20. The molecule has 0 saturated carbocycles. The zero-order valence-corrected chi connectivity index (χ0v) is 17.4. The van der Waals surface area contributed by atoms with Crippen molar-refractivity contribution in [3.63, 3.8) is 0 Å². The van der Waals surface area contributed by atoms with Gasteiger partial charge in [-0.2, -0.15) is 15.1 Å². The fourth-order valence-corrected chi connectivity index (χ4v) is 4.39. The van der Waals surface area contributed by atoms with Gasteiger partial charge in [0.25, 0.3) is 5.91 Å². The molecule has 5 rings (SSSR count). The molecule has 2 aromatic carbocycles. The summed E-state index contributed by atoms with van der Waals surface area (Å²) in [5.41, 5.74) is 4.64. The molecule has 7 heteroatoms. The Morgan fingerprint density at radius 1 is 1.10 bits per heavy atom. The van der Waals surface area contributed by atoms with Crippen molar-refractivity contribution in [1.82, 2.24) is 9.58 Å². The number of rotatable bonds is 3. The van der Waals surface area contributed by atoms with Gasteiger partial charge in [0.05, 0.1) is 10.6 Å². The molecule has 0 fully saturated rings. The molecule has 1 amide bonds. The largest absolute Gasteiger partial charge is 0.342 e. The van der Waals surface area contributed by atoms with Crippen molar-refractivity contribution in [2.75, 3.05) is 0 Å². The number of carbonyl (C=O) groups is 1. The SMILES string of the molecule is CC1=NN2C(=N)C(=Cc3cn(Cc4ccc(C)cc4)c4ccccc34)C(=O)N=C2S1. The van der Waals surface area contributed by atoms with Gasteiger partial charge in [-0.25, -0.2) is 0 Å². The number of benzene rings is 2. The van der Waals surface area contributed by atoms with Crippen molar-refractivity contribution in [2.24, 2.45) is 10.1 Å². The normalized spacial score (nSPS) is 17.5. The molecule has 0 bridgehead atoms. The van der Waals surface area contributed by atoms with E-state index in [0.717, 1.165) is 28.1 Å². The Kier molecular flexibility index (Phi) is 4.40. The Morgan fingerprint density at radius 2 is 1.87 bits per heavy atom. The molecular weight excluding hydrogens is 394 g/mol. The summed E-state index contributed by atoms with van der Waals surface area (Å²) in [6.45, 7) is 4.64. The van der Waals surface area contributed by atoms with E-state index in [9.17, 15) is 4.79 Å². The maximum atomic E-state index is 12.6. The van der Waals surface area contributed by atoms with Gasteiger partial charge in [0.1, 0.15) is 0 Å². The number of hydrogen-bond acceptors (Lipinski definition) is 4. The Hall–Kier alpha value is -3.45. The molecule has 30 heavy (non-hydrogen) atoms. The van der Waals surface area contributed by atoms with Crippen LogP contribution in [0.4, 0.5) is 0 Å². The van der Waals surface area contributed by atoms with E-state index >= 15 is 0 Å². The number of hydrazone groups is 1.